The van der Waals surface area contributed by atoms with Crippen LogP contribution in [0.1, 0.15) is 5.56 Å². The molecule has 0 amide bonds. The lowest BCUT2D eigenvalue weighted by Crippen LogP contribution is -1.98. The highest BCUT2D eigenvalue weighted by molar-refractivity contribution is 7.14. The maximum atomic E-state index is 9.67. The van der Waals surface area contributed by atoms with Crippen molar-refractivity contribution in [1.82, 2.24) is 0 Å². The number of rotatable bonds is 4. The molecule has 1 aromatic heterocycles. The summed E-state index contributed by atoms with van der Waals surface area (Å²) in [7, 11) is 1.61. The molecule has 1 aromatic carbocycles. The fraction of sp³-hybridized carbons (Fsp3) is 0.167. The smallest absolute Gasteiger partial charge is 0.120 e. The molecule has 2 rings (SSSR count). The molecule has 3 nitrogen and oxygen atoms in total. The summed E-state index contributed by atoms with van der Waals surface area (Å²) in [5, 5.41) is 16.0. The number of methoxy groups -OCH3 is 1. The maximum absolute atomic E-state index is 9.67. The van der Waals surface area contributed by atoms with Crippen molar-refractivity contribution in [2.24, 2.45) is 0 Å². The number of hydrogen-bond acceptors (Lipinski definition) is 4. The monoisotopic (exact) mass is 235 g/mol. The minimum atomic E-state index is 0.282. The summed E-state index contributed by atoms with van der Waals surface area (Å²) < 4.78 is 5.11. The van der Waals surface area contributed by atoms with Crippen LogP contribution in [0, 0.1) is 0 Å². The van der Waals surface area contributed by atoms with Gasteiger partial charge < -0.3 is 15.2 Å². The van der Waals surface area contributed by atoms with Gasteiger partial charge in [0.15, 0.2) is 0 Å². The molecule has 0 saturated carbocycles. The molecule has 0 atom stereocenters. The Kier molecular flexibility index (Phi) is 3.31. The molecule has 1 heterocycles. The first-order valence-corrected chi connectivity index (χ1v) is 5.81. The molecule has 84 valence electrons. The zero-order valence-electron chi connectivity index (χ0n) is 8.93. The second kappa shape index (κ2) is 4.90. The van der Waals surface area contributed by atoms with Gasteiger partial charge in [0.2, 0.25) is 0 Å². The van der Waals surface area contributed by atoms with Crippen molar-refractivity contribution in [3.8, 4) is 11.5 Å². The lowest BCUT2D eigenvalue weighted by molar-refractivity contribution is 0.411. The highest BCUT2D eigenvalue weighted by Gasteiger charge is 2.03. The predicted molar refractivity (Wildman–Crippen MR) is 66.3 cm³/mol. The number of thiophene rings is 1. The van der Waals surface area contributed by atoms with Crippen LogP contribution in [0.5, 0.6) is 11.5 Å². The number of phenols is 1. The summed E-state index contributed by atoms with van der Waals surface area (Å²) in [6.07, 6.45) is 0. The van der Waals surface area contributed by atoms with Gasteiger partial charge in [-0.3, -0.25) is 0 Å². The van der Waals surface area contributed by atoms with E-state index in [1.807, 2.05) is 23.6 Å². The van der Waals surface area contributed by atoms with Crippen LogP contribution in [0.2, 0.25) is 0 Å². The van der Waals surface area contributed by atoms with Crippen molar-refractivity contribution in [2.75, 3.05) is 12.4 Å². The van der Waals surface area contributed by atoms with Crippen LogP contribution >= 0.6 is 11.3 Å². The summed E-state index contributed by atoms with van der Waals surface area (Å²) >= 11 is 1.63. The first-order valence-electron chi connectivity index (χ1n) is 4.93. The molecule has 2 N–H and O–H groups in total. The van der Waals surface area contributed by atoms with E-state index in [2.05, 4.69) is 5.32 Å². The molecule has 0 fully saturated rings. The van der Waals surface area contributed by atoms with E-state index in [0.29, 0.717) is 6.54 Å². The van der Waals surface area contributed by atoms with Crippen LogP contribution in [0.15, 0.2) is 35.7 Å². The molecular weight excluding hydrogens is 222 g/mol. The lowest BCUT2D eigenvalue weighted by atomic mass is 10.2. The Morgan fingerprint density at radius 1 is 1.38 bits per heavy atom. The quantitative estimate of drug-likeness (QED) is 0.855. The number of benzene rings is 1. The van der Waals surface area contributed by atoms with Crippen LogP contribution in [0.3, 0.4) is 0 Å². The predicted octanol–water partition coefficient (Wildman–Crippen LogP) is 3.07. The van der Waals surface area contributed by atoms with Crippen molar-refractivity contribution in [1.29, 1.82) is 0 Å². The zero-order chi connectivity index (χ0) is 11.4. The van der Waals surface area contributed by atoms with E-state index < -0.39 is 0 Å². The van der Waals surface area contributed by atoms with Gasteiger partial charge in [-0.05, 0) is 35.7 Å². The number of phenolic OH excluding ortho intramolecular Hbond substituents is 1. The van der Waals surface area contributed by atoms with Gasteiger partial charge in [-0.2, -0.15) is 0 Å². The molecule has 0 saturated heterocycles. The highest BCUT2D eigenvalue weighted by Crippen LogP contribution is 2.24. The lowest BCUT2D eigenvalue weighted by Gasteiger charge is -2.08. The molecule has 16 heavy (non-hydrogen) atoms. The first-order chi connectivity index (χ1) is 7.79. The number of nitrogens with one attached hydrogen (secondary N) is 1. The molecule has 0 radical (unpaired) electrons. The second-order valence-electron chi connectivity index (χ2n) is 3.33. The van der Waals surface area contributed by atoms with Crippen molar-refractivity contribution < 1.29 is 9.84 Å². The van der Waals surface area contributed by atoms with Crippen LogP contribution in [0.4, 0.5) is 5.00 Å². The number of ether oxygens (including phenoxy) is 1. The molecular formula is C12H13NO2S. The largest absolute Gasteiger partial charge is 0.508 e. The summed E-state index contributed by atoms with van der Waals surface area (Å²) in [5.41, 5.74) is 0.827. The van der Waals surface area contributed by atoms with Crippen molar-refractivity contribution in [3.63, 3.8) is 0 Å². The third kappa shape index (κ3) is 2.46. The van der Waals surface area contributed by atoms with Crippen molar-refractivity contribution in [2.45, 2.75) is 6.54 Å². The Morgan fingerprint density at radius 3 is 2.94 bits per heavy atom. The standard InChI is InChI=1S/C12H13NO2S/c1-15-10-4-5-11(14)9(7-10)8-13-12-3-2-6-16-12/h2-7,13-14H,8H2,1H3. The van der Waals surface area contributed by atoms with Gasteiger partial charge >= 0.3 is 0 Å². The second-order valence-corrected chi connectivity index (χ2v) is 4.27. The van der Waals surface area contributed by atoms with E-state index >= 15 is 0 Å². The van der Waals surface area contributed by atoms with Crippen molar-refractivity contribution in [3.05, 3.63) is 41.3 Å². The van der Waals surface area contributed by atoms with Crippen LogP contribution in [0.25, 0.3) is 0 Å². The molecule has 4 heteroatoms. The van der Waals surface area contributed by atoms with E-state index in [4.69, 9.17) is 4.74 Å². The van der Waals surface area contributed by atoms with Gasteiger partial charge in [0.1, 0.15) is 11.5 Å². The average Bonchev–Trinajstić information content (AvgIpc) is 2.81. The first kappa shape index (κ1) is 10.8. The van der Waals surface area contributed by atoms with Gasteiger partial charge in [0.25, 0.3) is 0 Å². The molecule has 0 aliphatic carbocycles. The van der Waals surface area contributed by atoms with Gasteiger partial charge in [0, 0.05) is 12.1 Å². The zero-order valence-corrected chi connectivity index (χ0v) is 9.75. The maximum Gasteiger partial charge on any atom is 0.120 e. The van der Waals surface area contributed by atoms with E-state index in [9.17, 15) is 5.11 Å². The SMILES string of the molecule is COc1ccc(O)c(CNc2cccs2)c1. The molecule has 0 aliphatic rings. The van der Waals surface area contributed by atoms with E-state index in [-0.39, 0.29) is 5.75 Å². The summed E-state index contributed by atoms with van der Waals surface area (Å²) in [6, 6.07) is 9.20. The van der Waals surface area contributed by atoms with E-state index in [1.54, 1.807) is 30.6 Å². The summed E-state index contributed by atoms with van der Waals surface area (Å²) in [4.78, 5) is 0. The van der Waals surface area contributed by atoms with E-state index in [0.717, 1.165) is 16.3 Å². The van der Waals surface area contributed by atoms with Gasteiger partial charge in [-0.15, -0.1) is 11.3 Å². The minimum Gasteiger partial charge on any atom is -0.508 e. The molecule has 0 spiro atoms. The third-order valence-corrected chi connectivity index (χ3v) is 3.09. The fourth-order valence-electron chi connectivity index (χ4n) is 1.39. The Labute approximate surface area is 98.3 Å². The number of anilines is 1. The Bertz CT molecular complexity index is 454. The third-order valence-electron chi connectivity index (χ3n) is 2.26. The minimum absolute atomic E-state index is 0.282. The Balaban J connectivity index is 2.08. The Morgan fingerprint density at radius 2 is 2.25 bits per heavy atom. The van der Waals surface area contributed by atoms with Crippen molar-refractivity contribution >= 4 is 16.3 Å². The van der Waals surface area contributed by atoms with Gasteiger partial charge in [-0.1, -0.05) is 0 Å². The van der Waals surface area contributed by atoms with E-state index in [1.165, 1.54) is 0 Å². The Hall–Kier alpha value is -1.68. The summed E-state index contributed by atoms with van der Waals surface area (Å²) in [5.74, 6) is 1.03. The van der Waals surface area contributed by atoms with Gasteiger partial charge in [-0.25, -0.2) is 0 Å². The molecule has 0 aliphatic heterocycles. The topological polar surface area (TPSA) is 41.5 Å². The number of aromatic hydroxyl groups is 1. The normalized spacial score (nSPS) is 10.1. The number of hydrogen-bond donors (Lipinski definition) is 2. The molecule has 2 aromatic rings. The summed E-state index contributed by atoms with van der Waals surface area (Å²) in [6.45, 7) is 0.587. The van der Waals surface area contributed by atoms with Crippen LogP contribution in [-0.4, -0.2) is 12.2 Å². The van der Waals surface area contributed by atoms with Crippen LogP contribution < -0.4 is 10.1 Å². The van der Waals surface area contributed by atoms with Gasteiger partial charge in [0.05, 0.1) is 12.1 Å². The fourth-order valence-corrected chi connectivity index (χ4v) is 2.01. The molecule has 0 unspecified atom stereocenters. The average molecular weight is 235 g/mol. The molecule has 0 bridgehead atoms. The van der Waals surface area contributed by atoms with Crippen LogP contribution in [-0.2, 0) is 6.54 Å². The highest BCUT2D eigenvalue weighted by atomic mass is 32.1.